The van der Waals surface area contributed by atoms with Crippen molar-refractivity contribution in [1.82, 2.24) is 0 Å². The van der Waals surface area contributed by atoms with Gasteiger partial charge >= 0.3 is 6.18 Å². The molecule has 1 fully saturated rings. The maximum atomic E-state index is 13.6. The highest BCUT2D eigenvalue weighted by Crippen LogP contribution is 2.44. The first-order valence-corrected chi connectivity index (χ1v) is 8.30. The van der Waals surface area contributed by atoms with Gasteiger partial charge in [0.2, 0.25) is 5.91 Å². The van der Waals surface area contributed by atoms with Crippen LogP contribution in [0.4, 0.5) is 27.6 Å². The molecule has 1 aliphatic heterocycles. The molecule has 0 aliphatic carbocycles. The molecule has 0 bridgehead atoms. The first kappa shape index (κ1) is 17.7. The van der Waals surface area contributed by atoms with E-state index in [4.69, 9.17) is 0 Å². The maximum absolute atomic E-state index is 13.6. The van der Waals surface area contributed by atoms with E-state index in [1.165, 1.54) is 29.2 Å². The first-order valence-electron chi connectivity index (χ1n) is 7.25. The molecule has 8 heteroatoms. The van der Waals surface area contributed by atoms with Crippen LogP contribution in [0.3, 0.4) is 0 Å². The van der Waals surface area contributed by atoms with E-state index < -0.39 is 28.7 Å². The average Bonchev–Trinajstić information content (AvgIpc) is 2.90. The molecule has 0 spiro atoms. The monoisotopic (exact) mass is 373 g/mol. The molecule has 0 N–H and O–H groups in total. The molecule has 0 aromatic heterocycles. The van der Waals surface area contributed by atoms with Crippen molar-refractivity contribution >= 4 is 23.4 Å². The minimum absolute atomic E-state index is 0.0410. The van der Waals surface area contributed by atoms with Gasteiger partial charge < -0.3 is 0 Å². The third-order valence-electron chi connectivity index (χ3n) is 3.88. The molecule has 1 amide bonds. The second kappa shape index (κ2) is 6.33. The zero-order chi connectivity index (χ0) is 18.4. The van der Waals surface area contributed by atoms with Crippen LogP contribution in [0, 0.1) is 18.6 Å². The number of hydrogen-bond donors (Lipinski definition) is 0. The molecule has 1 atom stereocenters. The lowest BCUT2D eigenvalue weighted by atomic mass is 10.1. The van der Waals surface area contributed by atoms with Crippen LogP contribution in [0.2, 0.25) is 0 Å². The van der Waals surface area contributed by atoms with Crippen molar-refractivity contribution in [1.29, 1.82) is 0 Å². The van der Waals surface area contributed by atoms with Crippen molar-refractivity contribution in [3.05, 3.63) is 64.7 Å². The van der Waals surface area contributed by atoms with Crippen molar-refractivity contribution in [2.75, 3.05) is 10.7 Å². The maximum Gasteiger partial charge on any atom is 0.419 e. The summed E-state index contributed by atoms with van der Waals surface area (Å²) in [6.07, 6.45) is -4.84. The van der Waals surface area contributed by atoms with Crippen LogP contribution >= 0.6 is 11.8 Å². The fraction of sp³-hybridized carbons (Fsp3) is 0.235. The summed E-state index contributed by atoms with van der Waals surface area (Å²) >= 11 is 1.11. The van der Waals surface area contributed by atoms with Crippen LogP contribution in [0.25, 0.3) is 0 Å². The lowest BCUT2D eigenvalue weighted by Crippen LogP contribution is -2.28. The lowest BCUT2D eigenvalue weighted by Gasteiger charge is -2.26. The number of carbonyl (C=O) groups excluding carboxylic acids is 1. The number of anilines is 1. The molecule has 2 nitrogen and oxygen atoms in total. The number of amides is 1. The molecule has 25 heavy (non-hydrogen) atoms. The van der Waals surface area contributed by atoms with E-state index >= 15 is 0 Å². The van der Waals surface area contributed by atoms with Gasteiger partial charge in [0.25, 0.3) is 0 Å². The van der Waals surface area contributed by atoms with E-state index in [2.05, 4.69) is 0 Å². The molecule has 3 rings (SSSR count). The van der Waals surface area contributed by atoms with E-state index in [0.717, 1.165) is 17.8 Å². The lowest BCUT2D eigenvalue weighted by molar-refractivity contribution is -0.140. The minimum atomic E-state index is -4.84. The molecule has 0 radical (unpaired) electrons. The summed E-state index contributed by atoms with van der Waals surface area (Å²) in [5.41, 5.74) is -0.354. The van der Waals surface area contributed by atoms with Gasteiger partial charge in [-0.05, 0) is 42.3 Å². The van der Waals surface area contributed by atoms with Gasteiger partial charge in [0.15, 0.2) is 0 Å². The number of aryl methyl sites for hydroxylation is 1. The van der Waals surface area contributed by atoms with Crippen LogP contribution in [-0.4, -0.2) is 11.7 Å². The minimum Gasteiger partial charge on any atom is -0.295 e. The summed E-state index contributed by atoms with van der Waals surface area (Å²) in [7, 11) is 0. The molecular weight excluding hydrogens is 361 g/mol. The van der Waals surface area contributed by atoms with E-state index in [-0.39, 0.29) is 22.9 Å². The molecule has 132 valence electrons. The number of benzene rings is 2. The van der Waals surface area contributed by atoms with E-state index in [9.17, 15) is 26.7 Å². The Kier molecular flexibility index (Phi) is 4.49. The van der Waals surface area contributed by atoms with E-state index in [1.54, 1.807) is 6.92 Å². The predicted molar refractivity (Wildman–Crippen MR) is 85.2 cm³/mol. The molecular formula is C17H12F5NOS. The summed E-state index contributed by atoms with van der Waals surface area (Å²) in [4.78, 5) is 13.5. The zero-order valence-corrected chi connectivity index (χ0v) is 13.7. The molecule has 1 heterocycles. The van der Waals surface area contributed by atoms with Crippen LogP contribution in [0.15, 0.2) is 36.4 Å². The fourth-order valence-corrected chi connectivity index (χ4v) is 3.85. The van der Waals surface area contributed by atoms with Gasteiger partial charge in [0, 0.05) is 0 Å². The molecule has 2 aromatic carbocycles. The number of hydrogen-bond acceptors (Lipinski definition) is 2. The van der Waals surface area contributed by atoms with Crippen LogP contribution < -0.4 is 4.90 Å². The number of rotatable bonds is 2. The van der Waals surface area contributed by atoms with Gasteiger partial charge in [0.05, 0.1) is 17.0 Å². The van der Waals surface area contributed by atoms with Crippen molar-refractivity contribution in [3.63, 3.8) is 0 Å². The smallest absolute Gasteiger partial charge is 0.295 e. The van der Waals surface area contributed by atoms with Crippen LogP contribution in [0.1, 0.15) is 22.1 Å². The SMILES string of the molecule is Cc1ccc(F)cc1N1C(=O)CSC1c1ccc(F)c(C(F)(F)F)c1. The third-order valence-corrected chi connectivity index (χ3v) is 5.09. The Morgan fingerprint density at radius 3 is 2.52 bits per heavy atom. The summed E-state index contributed by atoms with van der Waals surface area (Å²) in [6.45, 7) is 1.67. The predicted octanol–water partition coefficient (Wildman–Crippen LogP) is 5.07. The average molecular weight is 373 g/mol. The second-order valence-electron chi connectivity index (χ2n) is 5.59. The van der Waals surface area contributed by atoms with Gasteiger partial charge in [0.1, 0.15) is 17.0 Å². The number of halogens is 5. The van der Waals surface area contributed by atoms with Crippen molar-refractivity contribution in [2.24, 2.45) is 0 Å². The highest BCUT2D eigenvalue weighted by molar-refractivity contribution is 8.00. The summed E-state index contributed by atoms with van der Waals surface area (Å²) in [5, 5.41) is -0.783. The molecule has 1 saturated heterocycles. The van der Waals surface area contributed by atoms with E-state index in [0.29, 0.717) is 11.6 Å². The standard InChI is InChI=1S/C17H12F5NOS/c1-9-2-4-11(18)7-14(9)23-15(24)8-25-16(23)10-3-5-13(19)12(6-10)17(20,21)22/h2-7,16H,8H2,1H3. The van der Waals surface area contributed by atoms with Crippen molar-refractivity contribution in [2.45, 2.75) is 18.5 Å². The Bertz CT molecular complexity index is 836. The van der Waals surface area contributed by atoms with Crippen molar-refractivity contribution in [3.8, 4) is 0 Å². The summed E-state index contributed by atoms with van der Waals surface area (Å²) < 4.78 is 66.0. The molecule has 1 aliphatic rings. The van der Waals surface area contributed by atoms with Gasteiger partial charge in [-0.15, -0.1) is 11.8 Å². The van der Waals surface area contributed by atoms with Crippen LogP contribution in [0.5, 0.6) is 0 Å². The molecule has 1 unspecified atom stereocenters. The number of alkyl halides is 3. The Labute approximate surface area is 144 Å². The Hall–Kier alpha value is -2.09. The Morgan fingerprint density at radius 1 is 1.12 bits per heavy atom. The van der Waals surface area contributed by atoms with Crippen molar-refractivity contribution < 1.29 is 26.7 Å². The normalized spacial score (nSPS) is 18.1. The highest BCUT2D eigenvalue weighted by atomic mass is 32.2. The Morgan fingerprint density at radius 2 is 1.84 bits per heavy atom. The zero-order valence-electron chi connectivity index (χ0n) is 12.9. The fourth-order valence-electron chi connectivity index (χ4n) is 2.69. The summed E-state index contributed by atoms with van der Waals surface area (Å²) in [5.74, 6) is -2.24. The van der Waals surface area contributed by atoms with Gasteiger partial charge in [-0.3, -0.25) is 9.69 Å². The van der Waals surface area contributed by atoms with Gasteiger partial charge in [-0.2, -0.15) is 13.2 Å². The van der Waals surface area contributed by atoms with Gasteiger partial charge in [-0.1, -0.05) is 12.1 Å². The third kappa shape index (κ3) is 3.35. The molecule has 2 aromatic rings. The quantitative estimate of drug-likeness (QED) is 0.685. The second-order valence-corrected chi connectivity index (χ2v) is 6.66. The number of nitrogens with zero attached hydrogens (tertiary/aromatic N) is 1. The first-order chi connectivity index (χ1) is 11.7. The molecule has 0 saturated carbocycles. The highest BCUT2D eigenvalue weighted by Gasteiger charge is 2.38. The topological polar surface area (TPSA) is 20.3 Å². The van der Waals surface area contributed by atoms with Gasteiger partial charge in [-0.25, -0.2) is 8.78 Å². The Balaban J connectivity index is 2.07. The van der Waals surface area contributed by atoms with Crippen LogP contribution in [-0.2, 0) is 11.0 Å². The summed E-state index contributed by atoms with van der Waals surface area (Å²) in [6, 6.07) is 6.54. The van der Waals surface area contributed by atoms with E-state index in [1.807, 2.05) is 0 Å². The largest absolute Gasteiger partial charge is 0.419 e. The number of thioether (sulfide) groups is 1. The number of carbonyl (C=O) groups is 1.